The van der Waals surface area contributed by atoms with E-state index in [1.807, 2.05) is 0 Å². The van der Waals surface area contributed by atoms with Crippen LogP contribution in [0.2, 0.25) is 0 Å². The minimum atomic E-state index is -0.439. The molecule has 4 aliphatic carbocycles. The van der Waals surface area contributed by atoms with Crippen molar-refractivity contribution in [1.82, 2.24) is 0 Å². The van der Waals surface area contributed by atoms with Crippen molar-refractivity contribution in [2.45, 2.75) is 111 Å². The van der Waals surface area contributed by atoms with Gasteiger partial charge in [-0.25, -0.2) is 0 Å². The predicted molar refractivity (Wildman–Crippen MR) is 139 cm³/mol. The molecule has 0 aromatic heterocycles. The van der Waals surface area contributed by atoms with E-state index in [4.69, 9.17) is 14.2 Å². The summed E-state index contributed by atoms with van der Waals surface area (Å²) in [5.74, 6) is 2.58. The molecule has 196 valence electrons. The lowest BCUT2D eigenvalue weighted by molar-refractivity contribution is -0.193. The molecule has 0 N–H and O–H groups in total. The number of ether oxygens (including phenoxy) is 3. The van der Waals surface area contributed by atoms with Gasteiger partial charge in [0.05, 0.1) is 13.2 Å². The largest absolute Gasteiger partial charge is 0.462 e. The number of fused-ring (bicyclic) bond motifs is 5. The van der Waals surface area contributed by atoms with Crippen molar-refractivity contribution in [2.75, 3.05) is 13.2 Å². The van der Waals surface area contributed by atoms with E-state index < -0.39 is 5.79 Å². The van der Waals surface area contributed by atoms with E-state index in [2.05, 4.69) is 46.8 Å². The number of hydrogen-bond acceptors (Lipinski definition) is 4. The van der Waals surface area contributed by atoms with E-state index in [0.717, 1.165) is 57.2 Å². The average Bonchev–Trinajstić information content (AvgIpc) is 3.42. The van der Waals surface area contributed by atoms with Crippen molar-refractivity contribution in [3.8, 4) is 0 Å². The van der Waals surface area contributed by atoms with Gasteiger partial charge in [0, 0.05) is 25.7 Å². The van der Waals surface area contributed by atoms with Gasteiger partial charge in [0.25, 0.3) is 0 Å². The minimum Gasteiger partial charge on any atom is -0.462 e. The van der Waals surface area contributed by atoms with Crippen molar-refractivity contribution in [1.29, 1.82) is 0 Å². The molecule has 2 saturated carbocycles. The van der Waals surface area contributed by atoms with Gasteiger partial charge in [0.15, 0.2) is 5.79 Å². The van der Waals surface area contributed by atoms with Crippen LogP contribution >= 0.6 is 0 Å². The normalized spacial score (nSPS) is 40.9. The summed E-state index contributed by atoms with van der Waals surface area (Å²) in [5.41, 5.74) is 3.70. The Morgan fingerprint density at radius 3 is 2.43 bits per heavy atom. The highest BCUT2D eigenvalue weighted by Gasteiger charge is 2.59. The third kappa shape index (κ3) is 4.25. The summed E-state index contributed by atoms with van der Waals surface area (Å²) in [4.78, 5) is 11.6. The monoisotopic (exact) mass is 484 g/mol. The van der Waals surface area contributed by atoms with Crippen molar-refractivity contribution >= 4 is 5.97 Å². The summed E-state index contributed by atoms with van der Waals surface area (Å²) in [6.45, 7) is 15.1. The zero-order chi connectivity index (χ0) is 25.0. The Labute approximate surface area is 213 Å². The molecule has 0 amide bonds. The first-order valence-corrected chi connectivity index (χ1v) is 14.4. The molecule has 0 aromatic rings. The molecule has 7 atom stereocenters. The second kappa shape index (κ2) is 9.31. The van der Waals surface area contributed by atoms with Crippen LogP contribution < -0.4 is 0 Å². The molecule has 5 aliphatic rings. The molecule has 1 aliphatic heterocycles. The Morgan fingerprint density at radius 1 is 1.03 bits per heavy atom. The summed E-state index contributed by atoms with van der Waals surface area (Å²) >= 11 is 0. The Morgan fingerprint density at radius 2 is 1.74 bits per heavy atom. The standard InChI is InChI=1S/C31H48O4/c1-20(2)11-16-31(33-17-18-34-31)21(3)26-9-10-27-25-8-7-23-19-24(35-22(4)32)12-14-29(23,5)28(25)13-15-30(26,27)6/h7,9,20-21,24-25,27-28H,8,10-19H2,1-6H3/t21-,24-,25-,27-,28-,29-,30+/m0/s1. The number of rotatable bonds is 6. The van der Waals surface area contributed by atoms with Crippen LogP contribution in [0.15, 0.2) is 23.3 Å². The molecule has 3 fully saturated rings. The minimum absolute atomic E-state index is 0.0753. The summed E-state index contributed by atoms with van der Waals surface area (Å²) in [5, 5.41) is 0. The number of carbonyl (C=O) groups is 1. The molecule has 1 saturated heterocycles. The first kappa shape index (κ1) is 25.5. The molecular weight excluding hydrogens is 436 g/mol. The first-order chi connectivity index (χ1) is 16.6. The summed E-state index contributed by atoms with van der Waals surface area (Å²) in [6, 6.07) is 0. The highest BCUT2D eigenvalue weighted by Crippen LogP contribution is 2.66. The van der Waals surface area contributed by atoms with Gasteiger partial charge in [-0.15, -0.1) is 0 Å². The van der Waals surface area contributed by atoms with E-state index in [0.29, 0.717) is 17.8 Å². The summed E-state index contributed by atoms with van der Waals surface area (Å²) in [7, 11) is 0. The van der Waals surface area contributed by atoms with Gasteiger partial charge in [-0.05, 0) is 79.4 Å². The lowest BCUT2D eigenvalue weighted by Crippen LogP contribution is -2.51. The first-order valence-electron chi connectivity index (χ1n) is 14.4. The van der Waals surface area contributed by atoms with Crippen LogP contribution in [0.4, 0.5) is 0 Å². The molecule has 0 bridgehead atoms. The lowest BCUT2D eigenvalue weighted by atomic mass is 9.47. The van der Waals surface area contributed by atoms with Crippen LogP contribution in [0.1, 0.15) is 99.3 Å². The van der Waals surface area contributed by atoms with Crippen molar-refractivity contribution < 1.29 is 19.0 Å². The highest BCUT2D eigenvalue weighted by atomic mass is 16.7. The third-order valence-electron chi connectivity index (χ3n) is 11.0. The van der Waals surface area contributed by atoms with E-state index in [1.165, 1.54) is 25.7 Å². The van der Waals surface area contributed by atoms with Crippen molar-refractivity contribution in [3.63, 3.8) is 0 Å². The maximum Gasteiger partial charge on any atom is 0.302 e. The maximum atomic E-state index is 11.6. The molecule has 35 heavy (non-hydrogen) atoms. The molecule has 5 rings (SSSR count). The van der Waals surface area contributed by atoms with Gasteiger partial charge in [-0.3, -0.25) is 4.79 Å². The zero-order valence-electron chi connectivity index (χ0n) is 23.0. The number of carbonyl (C=O) groups excluding carboxylic acids is 1. The van der Waals surface area contributed by atoms with Gasteiger partial charge >= 0.3 is 5.97 Å². The Bertz CT molecular complexity index is 880. The quantitative estimate of drug-likeness (QED) is 0.295. The molecule has 4 heteroatoms. The Hall–Kier alpha value is -1.13. The van der Waals surface area contributed by atoms with Crippen LogP contribution in [0, 0.1) is 40.4 Å². The molecule has 0 unspecified atom stereocenters. The summed E-state index contributed by atoms with van der Waals surface area (Å²) in [6.07, 6.45) is 15.4. The maximum absolute atomic E-state index is 11.6. The van der Waals surface area contributed by atoms with Gasteiger partial charge in [-0.2, -0.15) is 0 Å². The van der Waals surface area contributed by atoms with Crippen LogP contribution in [-0.4, -0.2) is 31.1 Å². The van der Waals surface area contributed by atoms with Crippen molar-refractivity contribution in [2.24, 2.45) is 40.4 Å². The number of hydrogen-bond donors (Lipinski definition) is 0. The third-order valence-corrected chi connectivity index (χ3v) is 11.0. The second-order valence-corrected chi connectivity index (χ2v) is 13.2. The summed E-state index contributed by atoms with van der Waals surface area (Å²) < 4.78 is 18.5. The smallest absolute Gasteiger partial charge is 0.302 e. The zero-order valence-corrected chi connectivity index (χ0v) is 23.0. The van der Waals surface area contributed by atoms with Crippen LogP contribution in [-0.2, 0) is 19.0 Å². The van der Waals surface area contributed by atoms with E-state index in [9.17, 15) is 4.79 Å². The van der Waals surface area contributed by atoms with Gasteiger partial charge in [0.1, 0.15) is 6.10 Å². The highest BCUT2D eigenvalue weighted by molar-refractivity contribution is 5.66. The topological polar surface area (TPSA) is 44.8 Å². The molecule has 0 spiro atoms. The van der Waals surface area contributed by atoms with Gasteiger partial charge in [-0.1, -0.05) is 57.9 Å². The molecule has 0 aromatic carbocycles. The molecule has 4 nitrogen and oxygen atoms in total. The van der Waals surface area contributed by atoms with Crippen LogP contribution in [0.5, 0.6) is 0 Å². The van der Waals surface area contributed by atoms with Gasteiger partial charge in [0.2, 0.25) is 0 Å². The SMILES string of the molecule is CC(=O)O[C@H]1CC[C@@]2(C)C(=CC[C@@H]3[C@@H]2CC[C@]2(C)C([C@H](C)C4(CCC(C)C)OCCO4)=CC[C@@H]32)C1. The molecular formula is C31H48O4. The fourth-order valence-electron chi connectivity index (χ4n) is 9.04. The van der Waals surface area contributed by atoms with E-state index >= 15 is 0 Å². The Balaban J connectivity index is 1.35. The van der Waals surface area contributed by atoms with Crippen LogP contribution in [0.3, 0.4) is 0 Å². The van der Waals surface area contributed by atoms with Gasteiger partial charge < -0.3 is 14.2 Å². The molecule has 1 heterocycles. The number of allylic oxidation sites excluding steroid dienone is 2. The fraction of sp³-hybridized carbons (Fsp3) is 0.839. The van der Waals surface area contributed by atoms with E-state index in [1.54, 1.807) is 18.1 Å². The molecule has 0 radical (unpaired) electrons. The van der Waals surface area contributed by atoms with E-state index in [-0.39, 0.29) is 22.9 Å². The van der Waals surface area contributed by atoms with Crippen molar-refractivity contribution in [3.05, 3.63) is 23.3 Å². The Kier molecular flexibility index (Phi) is 6.79. The second-order valence-electron chi connectivity index (χ2n) is 13.2. The number of esters is 1. The fourth-order valence-corrected chi connectivity index (χ4v) is 9.04. The lowest BCUT2D eigenvalue weighted by Gasteiger charge is -2.58. The average molecular weight is 485 g/mol. The van der Waals surface area contributed by atoms with Crippen LogP contribution in [0.25, 0.3) is 0 Å². The predicted octanol–water partition coefficient (Wildman–Crippen LogP) is 7.23.